The number of aliphatic imine (C=N–C) groups is 2. The van der Waals surface area contributed by atoms with Crippen LogP contribution in [-0.2, 0) is 6.42 Å². The maximum Gasteiger partial charge on any atom is 0.223 e. The van der Waals surface area contributed by atoms with Crippen LogP contribution in [-0.4, -0.2) is 37.5 Å². The van der Waals surface area contributed by atoms with Crippen molar-refractivity contribution >= 4 is 11.9 Å². The maximum atomic E-state index is 5.48. The van der Waals surface area contributed by atoms with E-state index in [4.69, 9.17) is 15.9 Å². The second-order valence-electron chi connectivity index (χ2n) is 3.74. The van der Waals surface area contributed by atoms with E-state index in [0.717, 1.165) is 24.5 Å². The molecule has 0 atom stereocenters. The molecular weight excluding hydrogens is 242 g/mol. The molecular formula is C13H25N5O. The molecule has 1 heterocycles. The minimum atomic E-state index is 0.00583. The molecule has 6 heteroatoms. The van der Waals surface area contributed by atoms with Crippen molar-refractivity contribution in [1.82, 2.24) is 4.90 Å². The summed E-state index contributed by atoms with van der Waals surface area (Å²) < 4.78 is 5.48. The lowest BCUT2D eigenvalue weighted by Gasteiger charge is -2.16. The molecule has 0 aliphatic rings. The van der Waals surface area contributed by atoms with Crippen molar-refractivity contribution in [3.63, 3.8) is 0 Å². The average molecular weight is 267 g/mol. The zero-order valence-electron chi connectivity index (χ0n) is 12.5. The molecule has 1 aromatic heterocycles. The van der Waals surface area contributed by atoms with Gasteiger partial charge in [-0.3, -0.25) is 4.99 Å². The van der Waals surface area contributed by atoms with Crippen LogP contribution >= 0.6 is 0 Å². The van der Waals surface area contributed by atoms with Crippen LogP contribution in [0.2, 0.25) is 0 Å². The van der Waals surface area contributed by atoms with Gasteiger partial charge >= 0.3 is 0 Å². The number of furan rings is 1. The number of rotatable bonds is 3. The van der Waals surface area contributed by atoms with Crippen molar-refractivity contribution in [2.24, 2.45) is 21.5 Å². The number of nitrogens with zero attached hydrogens (tertiary/aromatic N) is 3. The third kappa shape index (κ3) is 6.49. The number of guanidine groups is 2. The highest BCUT2D eigenvalue weighted by Gasteiger charge is 2.06. The Hall–Kier alpha value is -1.98. The second-order valence-corrected chi connectivity index (χ2v) is 3.74. The Kier molecular flexibility index (Phi) is 8.08. The lowest BCUT2D eigenvalue weighted by molar-refractivity contribution is 0.437. The normalized spacial score (nSPS) is 10.5. The predicted octanol–water partition coefficient (Wildman–Crippen LogP) is 1.35. The van der Waals surface area contributed by atoms with Crippen LogP contribution in [0.1, 0.15) is 25.4 Å². The lowest BCUT2D eigenvalue weighted by atomic mass is 10.3. The van der Waals surface area contributed by atoms with Crippen LogP contribution in [0.4, 0.5) is 0 Å². The summed E-state index contributed by atoms with van der Waals surface area (Å²) in [5.41, 5.74) is 10.6. The van der Waals surface area contributed by atoms with E-state index in [2.05, 4.69) is 9.98 Å². The van der Waals surface area contributed by atoms with Crippen molar-refractivity contribution in [2.45, 2.75) is 27.2 Å². The monoisotopic (exact) mass is 267 g/mol. The molecule has 0 amide bonds. The molecule has 0 fully saturated rings. The van der Waals surface area contributed by atoms with E-state index in [1.54, 1.807) is 7.05 Å². The summed E-state index contributed by atoms with van der Waals surface area (Å²) in [4.78, 5) is 9.81. The molecule has 0 bridgehead atoms. The topological polar surface area (TPSA) is 93.1 Å². The predicted molar refractivity (Wildman–Crippen MR) is 80.3 cm³/mol. The number of hydrogen-bond donors (Lipinski definition) is 2. The van der Waals surface area contributed by atoms with Gasteiger partial charge in [0.2, 0.25) is 5.96 Å². The number of aryl methyl sites for hydroxylation is 1. The molecule has 0 spiro atoms. The molecule has 0 saturated heterocycles. The Morgan fingerprint density at radius 2 is 1.95 bits per heavy atom. The third-order valence-corrected chi connectivity index (χ3v) is 2.26. The molecule has 4 N–H and O–H groups in total. The highest BCUT2D eigenvalue weighted by atomic mass is 16.3. The fraction of sp³-hybridized carbons (Fsp3) is 0.538. The van der Waals surface area contributed by atoms with E-state index in [0.29, 0.717) is 5.96 Å². The fourth-order valence-corrected chi connectivity index (χ4v) is 1.42. The van der Waals surface area contributed by atoms with Crippen LogP contribution in [0.5, 0.6) is 0 Å². The Balaban J connectivity index is 0.00000154. The van der Waals surface area contributed by atoms with Gasteiger partial charge in [-0.1, -0.05) is 13.8 Å². The van der Waals surface area contributed by atoms with E-state index in [-0.39, 0.29) is 5.96 Å². The maximum absolute atomic E-state index is 5.48. The number of nitrogens with two attached hydrogens (primary N) is 2. The Bertz CT molecular complexity index is 418. The molecule has 0 unspecified atom stereocenters. The van der Waals surface area contributed by atoms with E-state index < -0.39 is 0 Å². The summed E-state index contributed by atoms with van der Waals surface area (Å²) in [6.45, 7) is 6.65. The smallest absolute Gasteiger partial charge is 0.223 e. The van der Waals surface area contributed by atoms with Gasteiger partial charge in [0.25, 0.3) is 0 Å². The van der Waals surface area contributed by atoms with E-state index >= 15 is 0 Å². The van der Waals surface area contributed by atoms with Gasteiger partial charge in [0, 0.05) is 27.1 Å². The summed E-state index contributed by atoms with van der Waals surface area (Å²) in [6.07, 6.45) is 0.781. The van der Waals surface area contributed by atoms with Gasteiger partial charge in [0.05, 0.1) is 0 Å². The van der Waals surface area contributed by atoms with Crippen LogP contribution in [0.15, 0.2) is 26.5 Å². The van der Waals surface area contributed by atoms with Crippen molar-refractivity contribution in [2.75, 3.05) is 20.6 Å². The van der Waals surface area contributed by atoms with Gasteiger partial charge in [-0.05, 0) is 19.1 Å². The quantitative estimate of drug-likeness (QED) is 0.638. The Labute approximate surface area is 115 Å². The van der Waals surface area contributed by atoms with E-state index in [1.807, 2.05) is 44.9 Å². The van der Waals surface area contributed by atoms with Crippen molar-refractivity contribution in [3.8, 4) is 0 Å². The van der Waals surface area contributed by atoms with Crippen molar-refractivity contribution < 1.29 is 4.42 Å². The van der Waals surface area contributed by atoms with Crippen LogP contribution in [0.3, 0.4) is 0 Å². The molecule has 0 aliphatic carbocycles. The first-order valence-corrected chi connectivity index (χ1v) is 6.35. The molecule has 1 aromatic rings. The van der Waals surface area contributed by atoms with Gasteiger partial charge in [-0.25, -0.2) is 0 Å². The first-order chi connectivity index (χ1) is 9.02. The Morgan fingerprint density at radius 3 is 2.37 bits per heavy atom. The first kappa shape index (κ1) is 17.0. The lowest BCUT2D eigenvalue weighted by Crippen LogP contribution is -2.32. The van der Waals surface area contributed by atoms with Crippen LogP contribution in [0, 0.1) is 6.92 Å². The van der Waals surface area contributed by atoms with E-state index in [9.17, 15) is 0 Å². The standard InChI is InChI=1S/C11H19N5O.C2H6/c1-8-4-5-9(17-8)6-7-16(3)11(14-2)15-10(12)13;1-2/h4-5H,6-7H2,1-3H3,(H4,12,13,14,15);1-2H3. The Morgan fingerprint density at radius 1 is 1.32 bits per heavy atom. The summed E-state index contributed by atoms with van der Waals surface area (Å²) in [6, 6.07) is 3.91. The summed E-state index contributed by atoms with van der Waals surface area (Å²) in [5, 5.41) is 0. The number of hydrogen-bond acceptors (Lipinski definition) is 2. The number of likely N-dealkylation sites (N-methyl/N-ethyl adjacent to an activating group) is 1. The van der Waals surface area contributed by atoms with Gasteiger partial charge < -0.3 is 20.8 Å². The van der Waals surface area contributed by atoms with Crippen LogP contribution < -0.4 is 11.5 Å². The molecule has 0 radical (unpaired) electrons. The molecule has 108 valence electrons. The zero-order valence-corrected chi connectivity index (χ0v) is 12.5. The second kappa shape index (κ2) is 9.02. The molecule has 0 aromatic carbocycles. The highest BCUT2D eigenvalue weighted by Crippen LogP contribution is 2.07. The summed E-state index contributed by atoms with van der Waals surface area (Å²) in [7, 11) is 3.53. The van der Waals surface area contributed by atoms with Gasteiger partial charge in [0.15, 0.2) is 5.96 Å². The minimum Gasteiger partial charge on any atom is -0.466 e. The van der Waals surface area contributed by atoms with E-state index in [1.165, 1.54) is 0 Å². The van der Waals surface area contributed by atoms with Gasteiger partial charge in [-0.15, -0.1) is 0 Å². The SMILES string of the molecule is CC.CN=C(N=C(N)N)N(C)CCc1ccc(C)o1. The fourth-order valence-electron chi connectivity index (χ4n) is 1.42. The minimum absolute atomic E-state index is 0.00583. The van der Waals surface area contributed by atoms with Crippen LogP contribution in [0.25, 0.3) is 0 Å². The summed E-state index contributed by atoms with van der Waals surface area (Å²) in [5.74, 6) is 2.37. The third-order valence-electron chi connectivity index (χ3n) is 2.26. The van der Waals surface area contributed by atoms with Crippen molar-refractivity contribution in [3.05, 3.63) is 23.7 Å². The largest absolute Gasteiger partial charge is 0.466 e. The molecule has 1 rings (SSSR count). The zero-order chi connectivity index (χ0) is 14.8. The van der Waals surface area contributed by atoms with Gasteiger partial charge in [0.1, 0.15) is 11.5 Å². The molecule has 0 saturated carbocycles. The van der Waals surface area contributed by atoms with Crippen molar-refractivity contribution in [1.29, 1.82) is 0 Å². The summed E-state index contributed by atoms with van der Waals surface area (Å²) >= 11 is 0. The van der Waals surface area contributed by atoms with Gasteiger partial charge in [-0.2, -0.15) is 4.99 Å². The average Bonchev–Trinajstić information content (AvgIpc) is 2.81. The first-order valence-electron chi connectivity index (χ1n) is 6.35. The molecule has 19 heavy (non-hydrogen) atoms. The molecule has 6 nitrogen and oxygen atoms in total. The molecule has 0 aliphatic heterocycles. The highest BCUT2D eigenvalue weighted by molar-refractivity contribution is 5.93.